The summed E-state index contributed by atoms with van der Waals surface area (Å²) in [6.07, 6.45) is 1.43. The number of anilines is 1. The van der Waals surface area contributed by atoms with Crippen LogP contribution in [-0.4, -0.2) is 17.4 Å². The van der Waals surface area contributed by atoms with Gasteiger partial charge in [-0.3, -0.25) is 14.9 Å². The highest BCUT2D eigenvalue weighted by molar-refractivity contribution is 9.11. The fourth-order valence-electron chi connectivity index (χ4n) is 2.38. The Hall–Kier alpha value is -2.70. The van der Waals surface area contributed by atoms with Crippen molar-refractivity contribution in [3.63, 3.8) is 0 Å². The Bertz CT molecular complexity index is 1010. The van der Waals surface area contributed by atoms with E-state index in [0.29, 0.717) is 33.6 Å². The van der Waals surface area contributed by atoms with E-state index in [-0.39, 0.29) is 11.3 Å². The summed E-state index contributed by atoms with van der Waals surface area (Å²) in [7, 11) is 0. The second kappa shape index (κ2) is 9.48. The summed E-state index contributed by atoms with van der Waals surface area (Å²) in [4.78, 5) is 22.9. The molecule has 0 radical (unpaired) electrons. The summed E-state index contributed by atoms with van der Waals surface area (Å²) in [6, 6.07) is 9.49. The number of hydrogen-bond donors (Lipinski definition) is 1. The number of benzene rings is 2. The molecular formula is C19H15Br2N3O4. The number of rotatable bonds is 6. The largest absolute Gasteiger partial charge is 0.492 e. The number of nitriles is 1. The molecule has 7 nitrogen and oxygen atoms in total. The molecule has 2 rings (SSSR count). The molecule has 0 aliphatic rings. The zero-order valence-corrected chi connectivity index (χ0v) is 18.1. The first-order chi connectivity index (χ1) is 13.3. The summed E-state index contributed by atoms with van der Waals surface area (Å²) in [5, 5.41) is 22.9. The normalized spacial score (nSPS) is 10.9. The molecule has 0 fully saturated rings. The van der Waals surface area contributed by atoms with Crippen molar-refractivity contribution in [3.05, 3.63) is 66.1 Å². The predicted molar refractivity (Wildman–Crippen MR) is 113 cm³/mol. The minimum Gasteiger partial charge on any atom is -0.492 e. The molecule has 1 N–H and O–H groups in total. The van der Waals surface area contributed by atoms with Crippen LogP contribution in [0.25, 0.3) is 6.08 Å². The van der Waals surface area contributed by atoms with E-state index in [1.165, 1.54) is 24.3 Å². The molecule has 0 heterocycles. The van der Waals surface area contributed by atoms with E-state index in [0.717, 1.165) is 4.47 Å². The SMILES string of the molecule is CCOc1c(Br)cc(Br)cc1C=C(C#N)C(=O)Nc1ccc([N+](=O)[O-])cc1C. The van der Waals surface area contributed by atoms with Crippen molar-refractivity contribution in [2.45, 2.75) is 13.8 Å². The van der Waals surface area contributed by atoms with E-state index in [1.54, 1.807) is 19.1 Å². The maximum atomic E-state index is 12.6. The van der Waals surface area contributed by atoms with Gasteiger partial charge < -0.3 is 10.1 Å². The van der Waals surface area contributed by atoms with Gasteiger partial charge in [-0.2, -0.15) is 5.26 Å². The quantitative estimate of drug-likeness (QED) is 0.244. The van der Waals surface area contributed by atoms with Crippen molar-refractivity contribution >= 4 is 55.2 Å². The van der Waals surface area contributed by atoms with Gasteiger partial charge in [0.15, 0.2) is 0 Å². The first-order valence-corrected chi connectivity index (χ1v) is 9.65. The van der Waals surface area contributed by atoms with Gasteiger partial charge >= 0.3 is 0 Å². The van der Waals surface area contributed by atoms with Crippen LogP contribution in [0.5, 0.6) is 5.75 Å². The Morgan fingerprint density at radius 3 is 2.64 bits per heavy atom. The van der Waals surface area contributed by atoms with Gasteiger partial charge in [-0.1, -0.05) is 15.9 Å². The van der Waals surface area contributed by atoms with Gasteiger partial charge in [0.05, 0.1) is 16.0 Å². The number of carbonyl (C=O) groups excluding carboxylic acids is 1. The summed E-state index contributed by atoms with van der Waals surface area (Å²) < 4.78 is 7.03. The summed E-state index contributed by atoms with van der Waals surface area (Å²) in [5.41, 5.74) is 1.24. The van der Waals surface area contributed by atoms with Crippen molar-refractivity contribution in [2.75, 3.05) is 11.9 Å². The van der Waals surface area contributed by atoms with Crippen LogP contribution in [0, 0.1) is 28.4 Å². The summed E-state index contributed by atoms with van der Waals surface area (Å²) >= 11 is 6.78. The molecule has 0 saturated carbocycles. The maximum absolute atomic E-state index is 12.6. The van der Waals surface area contributed by atoms with Crippen molar-refractivity contribution in [3.8, 4) is 11.8 Å². The van der Waals surface area contributed by atoms with E-state index >= 15 is 0 Å². The second-order valence-electron chi connectivity index (χ2n) is 5.62. The molecule has 2 aromatic carbocycles. The molecule has 2 aromatic rings. The molecule has 144 valence electrons. The lowest BCUT2D eigenvalue weighted by molar-refractivity contribution is -0.384. The highest BCUT2D eigenvalue weighted by Gasteiger charge is 2.16. The van der Waals surface area contributed by atoms with Crippen molar-refractivity contribution in [1.82, 2.24) is 0 Å². The summed E-state index contributed by atoms with van der Waals surface area (Å²) in [5.74, 6) is -0.115. The highest BCUT2D eigenvalue weighted by Crippen LogP contribution is 2.34. The molecule has 0 saturated heterocycles. The third-order valence-corrected chi connectivity index (χ3v) is 4.71. The lowest BCUT2D eigenvalue weighted by Crippen LogP contribution is -2.14. The fourth-order valence-corrected chi connectivity index (χ4v) is 3.75. The fraction of sp³-hybridized carbons (Fsp3) is 0.158. The topological polar surface area (TPSA) is 105 Å². The average Bonchev–Trinajstić information content (AvgIpc) is 2.63. The number of halogens is 2. The van der Waals surface area contributed by atoms with Gasteiger partial charge in [0.25, 0.3) is 11.6 Å². The minimum absolute atomic E-state index is 0.0770. The number of carbonyl (C=O) groups is 1. The number of nitrogens with one attached hydrogen (secondary N) is 1. The Labute approximate surface area is 178 Å². The molecular weight excluding hydrogens is 494 g/mol. The van der Waals surface area contributed by atoms with Gasteiger partial charge in [0.2, 0.25) is 0 Å². The Kier molecular flexibility index (Phi) is 7.31. The second-order valence-corrected chi connectivity index (χ2v) is 7.39. The average molecular weight is 509 g/mol. The third-order valence-electron chi connectivity index (χ3n) is 3.66. The van der Waals surface area contributed by atoms with Gasteiger partial charge in [-0.15, -0.1) is 0 Å². The lowest BCUT2D eigenvalue weighted by Gasteiger charge is -2.11. The van der Waals surface area contributed by atoms with Gasteiger partial charge in [0.1, 0.15) is 17.4 Å². The van der Waals surface area contributed by atoms with Crippen LogP contribution in [0.4, 0.5) is 11.4 Å². The molecule has 0 atom stereocenters. The van der Waals surface area contributed by atoms with E-state index in [1.807, 2.05) is 13.0 Å². The van der Waals surface area contributed by atoms with Crippen LogP contribution in [0.3, 0.4) is 0 Å². The third kappa shape index (κ3) is 5.18. The number of nitrogens with zero attached hydrogens (tertiary/aromatic N) is 2. The standard InChI is InChI=1S/C19H15Br2N3O4/c1-3-28-18-12(8-14(20)9-16(18)21)7-13(10-22)19(25)23-17-5-4-15(24(26)27)6-11(17)2/h4-9H,3H2,1-2H3,(H,23,25). The van der Waals surface area contributed by atoms with Crippen LogP contribution in [0.2, 0.25) is 0 Å². The highest BCUT2D eigenvalue weighted by atomic mass is 79.9. The van der Waals surface area contributed by atoms with Gasteiger partial charge in [-0.25, -0.2) is 0 Å². The predicted octanol–water partition coefficient (Wildman–Crippen LogP) is 5.37. The number of nitro groups is 1. The van der Waals surface area contributed by atoms with E-state index in [4.69, 9.17) is 4.74 Å². The number of hydrogen-bond acceptors (Lipinski definition) is 5. The number of aryl methyl sites for hydroxylation is 1. The van der Waals surface area contributed by atoms with Crippen LogP contribution in [0.15, 0.2) is 44.9 Å². The van der Waals surface area contributed by atoms with E-state index < -0.39 is 10.8 Å². The molecule has 9 heteroatoms. The van der Waals surface area contributed by atoms with Gasteiger partial charge in [0, 0.05) is 27.9 Å². The first-order valence-electron chi connectivity index (χ1n) is 8.06. The number of ether oxygens (including phenoxy) is 1. The molecule has 0 aromatic heterocycles. The van der Waals surface area contributed by atoms with Crippen molar-refractivity contribution in [1.29, 1.82) is 5.26 Å². The van der Waals surface area contributed by atoms with Crippen LogP contribution < -0.4 is 10.1 Å². The Balaban J connectivity index is 2.37. The molecule has 0 bridgehead atoms. The lowest BCUT2D eigenvalue weighted by atomic mass is 10.1. The minimum atomic E-state index is -0.627. The monoisotopic (exact) mass is 507 g/mol. The van der Waals surface area contributed by atoms with Crippen LogP contribution >= 0.6 is 31.9 Å². The van der Waals surface area contributed by atoms with E-state index in [9.17, 15) is 20.2 Å². The Morgan fingerprint density at radius 2 is 2.07 bits per heavy atom. The molecule has 0 spiro atoms. The Morgan fingerprint density at radius 1 is 1.36 bits per heavy atom. The van der Waals surface area contributed by atoms with Crippen LogP contribution in [0.1, 0.15) is 18.1 Å². The molecule has 0 aliphatic heterocycles. The van der Waals surface area contributed by atoms with Crippen LogP contribution in [-0.2, 0) is 4.79 Å². The van der Waals surface area contributed by atoms with Crippen molar-refractivity contribution < 1.29 is 14.5 Å². The number of non-ortho nitro benzene ring substituents is 1. The zero-order chi connectivity index (χ0) is 20.8. The number of amides is 1. The van der Waals surface area contributed by atoms with Crippen molar-refractivity contribution in [2.24, 2.45) is 0 Å². The zero-order valence-electron chi connectivity index (χ0n) is 15.0. The number of nitro benzene ring substituents is 1. The smallest absolute Gasteiger partial charge is 0.269 e. The maximum Gasteiger partial charge on any atom is 0.269 e. The first kappa shape index (κ1) is 21.6. The molecule has 28 heavy (non-hydrogen) atoms. The molecule has 1 amide bonds. The molecule has 0 aliphatic carbocycles. The van der Waals surface area contributed by atoms with Gasteiger partial charge in [-0.05, 0) is 59.6 Å². The summed E-state index contributed by atoms with van der Waals surface area (Å²) in [6.45, 7) is 3.88. The molecule has 0 unspecified atom stereocenters. The van der Waals surface area contributed by atoms with E-state index in [2.05, 4.69) is 37.2 Å².